The van der Waals surface area contributed by atoms with E-state index in [1.54, 1.807) is 30.5 Å². The van der Waals surface area contributed by atoms with Crippen LogP contribution in [0.4, 0.5) is 5.82 Å². The van der Waals surface area contributed by atoms with Crippen molar-refractivity contribution in [3.8, 4) is 0 Å². The van der Waals surface area contributed by atoms with Crippen molar-refractivity contribution in [1.82, 2.24) is 20.5 Å². The van der Waals surface area contributed by atoms with Crippen molar-refractivity contribution in [2.24, 2.45) is 0 Å². The number of nitrogens with zero attached hydrogens (tertiary/aromatic N) is 2. The molecule has 1 aromatic heterocycles. The highest BCUT2D eigenvalue weighted by atomic mass is 35.5. The molecule has 188 valence electrons. The van der Waals surface area contributed by atoms with E-state index in [0.29, 0.717) is 22.4 Å². The van der Waals surface area contributed by atoms with Gasteiger partial charge in [0.2, 0.25) is 11.8 Å². The Morgan fingerprint density at radius 2 is 1.81 bits per heavy atom. The van der Waals surface area contributed by atoms with Crippen LogP contribution < -0.4 is 16.4 Å². The van der Waals surface area contributed by atoms with Crippen LogP contribution in [0.25, 0.3) is 0 Å². The molecular formula is C27H29Cl2N5O2. The third kappa shape index (κ3) is 6.97. The van der Waals surface area contributed by atoms with Gasteiger partial charge in [-0.3, -0.25) is 14.5 Å². The Bertz CT molecular complexity index is 1190. The van der Waals surface area contributed by atoms with Gasteiger partial charge in [0, 0.05) is 25.7 Å². The standard InChI is InChI=1S/C27H29Cl2N5O2/c28-21-10-8-19(13-22(21)29)14-23(26(35)32-16-20-9-11-25(30)31-15-20)33-27(36)24-7-4-12-34(24)17-18-5-2-1-3-6-18/h1-3,5-6,8-11,13,15,23-24H,4,7,12,14,16-17H2,(H2,30,31)(H,32,35)(H,33,36)/t23-,24+/m0/s1. The van der Waals surface area contributed by atoms with Crippen LogP contribution in [0.3, 0.4) is 0 Å². The molecule has 7 nitrogen and oxygen atoms in total. The van der Waals surface area contributed by atoms with E-state index < -0.39 is 6.04 Å². The number of halogens is 2. The van der Waals surface area contributed by atoms with E-state index in [-0.39, 0.29) is 30.8 Å². The molecule has 36 heavy (non-hydrogen) atoms. The first-order valence-corrected chi connectivity index (χ1v) is 12.6. The van der Waals surface area contributed by atoms with E-state index in [0.717, 1.165) is 36.1 Å². The summed E-state index contributed by atoms with van der Waals surface area (Å²) >= 11 is 12.3. The van der Waals surface area contributed by atoms with Crippen molar-refractivity contribution in [3.05, 3.63) is 93.6 Å². The van der Waals surface area contributed by atoms with Crippen molar-refractivity contribution in [3.63, 3.8) is 0 Å². The molecule has 3 aromatic rings. The number of benzene rings is 2. The van der Waals surface area contributed by atoms with Gasteiger partial charge in [-0.1, -0.05) is 65.7 Å². The normalized spacial score (nSPS) is 16.4. The van der Waals surface area contributed by atoms with Gasteiger partial charge in [-0.05, 0) is 54.3 Å². The van der Waals surface area contributed by atoms with Gasteiger partial charge in [0.1, 0.15) is 11.9 Å². The summed E-state index contributed by atoms with van der Waals surface area (Å²) in [5.74, 6) is -0.0388. The molecule has 0 aliphatic carbocycles. The van der Waals surface area contributed by atoms with Crippen LogP contribution in [0.15, 0.2) is 66.9 Å². The second kappa shape index (κ2) is 12.2. The van der Waals surface area contributed by atoms with Crippen LogP contribution in [-0.2, 0) is 29.1 Å². The van der Waals surface area contributed by atoms with Gasteiger partial charge in [-0.25, -0.2) is 4.98 Å². The Labute approximate surface area is 221 Å². The topological polar surface area (TPSA) is 100 Å². The van der Waals surface area contributed by atoms with E-state index in [4.69, 9.17) is 28.9 Å². The molecule has 1 aliphatic rings. The maximum atomic E-state index is 13.4. The number of nitrogen functional groups attached to an aromatic ring is 1. The molecule has 0 saturated carbocycles. The predicted molar refractivity (Wildman–Crippen MR) is 142 cm³/mol. The van der Waals surface area contributed by atoms with E-state index >= 15 is 0 Å². The van der Waals surface area contributed by atoms with E-state index in [9.17, 15) is 9.59 Å². The quantitative estimate of drug-likeness (QED) is 0.392. The van der Waals surface area contributed by atoms with Crippen LogP contribution in [0.2, 0.25) is 10.0 Å². The zero-order valence-corrected chi connectivity index (χ0v) is 21.3. The lowest BCUT2D eigenvalue weighted by Crippen LogP contribution is -2.52. The molecule has 4 rings (SSSR count). The summed E-state index contributed by atoms with van der Waals surface area (Å²) in [5, 5.41) is 6.74. The number of hydrogen-bond acceptors (Lipinski definition) is 5. The first-order valence-electron chi connectivity index (χ1n) is 11.9. The number of likely N-dealkylation sites (tertiary alicyclic amines) is 1. The van der Waals surface area contributed by atoms with Gasteiger partial charge >= 0.3 is 0 Å². The van der Waals surface area contributed by atoms with Crippen LogP contribution in [0, 0.1) is 0 Å². The monoisotopic (exact) mass is 525 g/mol. The average molecular weight is 526 g/mol. The first kappa shape index (κ1) is 25.9. The highest BCUT2D eigenvalue weighted by Gasteiger charge is 2.33. The molecular weight excluding hydrogens is 497 g/mol. The molecule has 0 radical (unpaired) electrons. The van der Waals surface area contributed by atoms with Gasteiger partial charge in [0.25, 0.3) is 0 Å². The van der Waals surface area contributed by atoms with Crippen molar-refractivity contribution in [2.75, 3.05) is 12.3 Å². The van der Waals surface area contributed by atoms with Crippen LogP contribution in [0.5, 0.6) is 0 Å². The Hall–Kier alpha value is -3.13. The lowest BCUT2D eigenvalue weighted by Gasteiger charge is -2.26. The SMILES string of the molecule is Nc1ccc(CNC(=O)[C@H](Cc2ccc(Cl)c(Cl)c2)NC(=O)[C@H]2CCCN2Cc2ccccc2)cn1. The minimum Gasteiger partial charge on any atom is -0.384 e. The maximum absolute atomic E-state index is 13.4. The summed E-state index contributed by atoms with van der Waals surface area (Å²) in [7, 11) is 0. The predicted octanol–water partition coefficient (Wildman–Crippen LogP) is 3.98. The molecule has 9 heteroatoms. The Balaban J connectivity index is 1.46. The van der Waals surface area contributed by atoms with Crippen LogP contribution in [0.1, 0.15) is 29.5 Å². The molecule has 2 heterocycles. The van der Waals surface area contributed by atoms with Crippen molar-refractivity contribution in [1.29, 1.82) is 0 Å². The zero-order chi connectivity index (χ0) is 25.5. The van der Waals surface area contributed by atoms with E-state index in [1.807, 2.05) is 24.3 Å². The van der Waals surface area contributed by atoms with Crippen LogP contribution >= 0.6 is 23.2 Å². The molecule has 0 bridgehead atoms. The molecule has 2 aromatic carbocycles. The Kier molecular flexibility index (Phi) is 8.80. The van der Waals surface area contributed by atoms with Gasteiger partial charge in [0.05, 0.1) is 16.1 Å². The van der Waals surface area contributed by atoms with Crippen molar-refractivity contribution >= 4 is 40.8 Å². The van der Waals surface area contributed by atoms with Gasteiger partial charge in [0.15, 0.2) is 0 Å². The fourth-order valence-corrected chi connectivity index (χ4v) is 4.68. The number of nitrogens with one attached hydrogen (secondary N) is 2. The smallest absolute Gasteiger partial charge is 0.243 e. The van der Waals surface area contributed by atoms with E-state index in [2.05, 4.69) is 32.7 Å². The molecule has 1 aliphatic heterocycles. The first-order chi connectivity index (χ1) is 17.4. The summed E-state index contributed by atoms with van der Waals surface area (Å²) in [6.45, 7) is 1.79. The lowest BCUT2D eigenvalue weighted by atomic mass is 10.0. The van der Waals surface area contributed by atoms with Gasteiger partial charge in [-0.2, -0.15) is 0 Å². The fourth-order valence-electron chi connectivity index (χ4n) is 4.36. The third-order valence-electron chi connectivity index (χ3n) is 6.27. The minimum absolute atomic E-state index is 0.155. The van der Waals surface area contributed by atoms with Crippen LogP contribution in [-0.4, -0.2) is 40.3 Å². The summed E-state index contributed by atoms with van der Waals surface area (Å²) in [6.07, 6.45) is 3.57. The molecule has 2 atom stereocenters. The molecule has 0 spiro atoms. The Morgan fingerprint density at radius 3 is 2.53 bits per heavy atom. The summed E-state index contributed by atoms with van der Waals surface area (Å²) in [5.41, 5.74) is 8.40. The number of hydrogen-bond donors (Lipinski definition) is 3. The molecule has 0 unspecified atom stereocenters. The Morgan fingerprint density at radius 1 is 1.03 bits per heavy atom. The number of anilines is 1. The summed E-state index contributed by atoms with van der Waals surface area (Å²) in [6, 6.07) is 17.7. The highest BCUT2D eigenvalue weighted by Crippen LogP contribution is 2.24. The van der Waals surface area contributed by atoms with Crippen molar-refractivity contribution < 1.29 is 9.59 Å². The molecule has 1 saturated heterocycles. The summed E-state index contributed by atoms with van der Waals surface area (Å²) in [4.78, 5) is 32.8. The number of carbonyl (C=O) groups is 2. The second-order valence-electron chi connectivity index (χ2n) is 8.94. The number of rotatable bonds is 9. The number of pyridine rings is 1. The largest absolute Gasteiger partial charge is 0.384 e. The van der Waals surface area contributed by atoms with Gasteiger partial charge in [-0.15, -0.1) is 0 Å². The molecule has 4 N–H and O–H groups in total. The zero-order valence-electron chi connectivity index (χ0n) is 19.8. The number of aromatic nitrogens is 1. The average Bonchev–Trinajstić information content (AvgIpc) is 3.34. The third-order valence-corrected chi connectivity index (χ3v) is 7.01. The second-order valence-corrected chi connectivity index (χ2v) is 9.75. The molecule has 1 fully saturated rings. The fraction of sp³-hybridized carbons (Fsp3) is 0.296. The number of nitrogens with two attached hydrogens (primary N) is 1. The summed E-state index contributed by atoms with van der Waals surface area (Å²) < 4.78 is 0. The highest BCUT2D eigenvalue weighted by molar-refractivity contribution is 6.42. The minimum atomic E-state index is -0.782. The lowest BCUT2D eigenvalue weighted by molar-refractivity contribution is -0.131. The van der Waals surface area contributed by atoms with Gasteiger partial charge < -0.3 is 16.4 Å². The molecule has 2 amide bonds. The van der Waals surface area contributed by atoms with E-state index in [1.165, 1.54) is 0 Å². The number of carbonyl (C=O) groups excluding carboxylic acids is 2. The van der Waals surface area contributed by atoms with Crippen molar-refractivity contribution in [2.45, 2.75) is 44.4 Å². The maximum Gasteiger partial charge on any atom is 0.243 e. The number of amides is 2.